The number of rotatable bonds is 2. The van der Waals surface area contributed by atoms with Gasteiger partial charge in [-0.3, -0.25) is 0 Å². The SMILES string of the molecule is c1ccc([Si]C2CCCCC2)cc1. The van der Waals surface area contributed by atoms with Gasteiger partial charge >= 0.3 is 0 Å². The van der Waals surface area contributed by atoms with E-state index in [4.69, 9.17) is 0 Å². The topological polar surface area (TPSA) is 0 Å². The van der Waals surface area contributed by atoms with Crippen LogP contribution in [0.25, 0.3) is 0 Å². The monoisotopic (exact) mass is 188 g/mol. The van der Waals surface area contributed by atoms with Gasteiger partial charge in [0.15, 0.2) is 0 Å². The number of hydrogen-bond donors (Lipinski definition) is 0. The Kier molecular flexibility index (Phi) is 3.20. The van der Waals surface area contributed by atoms with Crippen molar-refractivity contribution < 1.29 is 0 Å². The van der Waals surface area contributed by atoms with E-state index in [1.54, 1.807) is 5.19 Å². The van der Waals surface area contributed by atoms with Gasteiger partial charge in [0.25, 0.3) is 0 Å². The van der Waals surface area contributed by atoms with Crippen LogP contribution in [0.5, 0.6) is 0 Å². The normalized spacial score (nSPS) is 18.8. The van der Waals surface area contributed by atoms with Gasteiger partial charge in [0.1, 0.15) is 0 Å². The third-order valence-electron chi connectivity index (χ3n) is 2.75. The predicted molar refractivity (Wildman–Crippen MR) is 58.7 cm³/mol. The highest BCUT2D eigenvalue weighted by Gasteiger charge is 2.14. The Morgan fingerprint density at radius 2 is 1.62 bits per heavy atom. The maximum atomic E-state index is 2.27. The van der Waals surface area contributed by atoms with Crippen LogP contribution in [0.2, 0.25) is 5.54 Å². The van der Waals surface area contributed by atoms with Crippen LogP contribution in [0.15, 0.2) is 30.3 Å². The Bertz CT molecular complexity index is 237. The average molecular weight is 188 g/mol. The van der Waals surface area contributed by atoms with Gasteiger partial charge in [-0.05, 0) is 5.54 Å². The van der Waals surface area contributed by atoms with Gasteiger partial charge in [-0.1, -0.05) is 67.6 Å². The molecule has 2 rings (SSSR count). The minimum atomic E-state index is 0.996. The Balaban J connectivity index is 1.90. The first-order chi connectivity index (χ1) is 6.45. The van der Waals surface area contributed by atoms with E-state index in [1.165, 1.54) is 32.1 Å². The molecule has 0 aliphatic heterocycles. The third kappa shape index (κ3) is 2.70. The zero-order valence-corrected chi connectivity index (χ0v) is 9.00. The summed E-state index contributed by atoms with van der Waals surface area (Å²) in [5.74, 6) is 0. The van der Waals surface area contributed by atoms with Gasteiger partial charge in [-0.15, -0.1) is 0 Å². The summed E-state index contributed by atoms with van der Waals surface area (Å²) in [4.78, 5) is 0. The van der Waals surface area contributed by atoms with Crippen LogP contribution in [-0.4, -0.2) is 9.52 Å². The Morgan fingerprint density at radius 3 is 2.31 bits per heavy atom. The molecule has 0 unspecified atom stereocenters. The minimum Gasteiger partial charge on any atom is -0.0639 e. The summed E-state index contributed by atoms with van der Waals surface area (Å²) >= 11 is 0. The van der Waals surface area contributed by atoms with Crippen LogP contribution >= 0.6 is 0 Å². The molecule has 0 aromatic heterocycles. The van der Waals surface area contributed by atoms with Crippen LogP contribution in [-0.2, 0) is 0 Å². The van der Waals surface area contributed by atoms with Crippen LogP contribution in [0.1, 0.15) is 32.1 Å². The highest BCUT2D eigenvalue weighted by molar-refractivity contribution is 6.54. The zero-order chi connectivity index (χ0) is 8.93. The lowest BCUT2D eigenvalue weighted by Crippen LogP contribution is -2.20. The second kappa shape index (κ2) is 4.61. The summed E-state index contributed by atoms with van der Waals surface area (Å²) in [6.45, 7) is 0. The minimum absolute atomic E-state index is 0.996. The lowest BCUT2D eigenvalue weighted by Gasteiger charge is -2.20. The Labute approximate surface area is 83.2 Å². The molecule has 0 spiro atoms. The Hall–Kier alpha value is -0.563. The molecule has 0 nitrogen and oxygen atoms in total. The van der Waals surface area contributed by atoms with E-state index >= 15 is 0 Å². The molecule has 13 heavy (non-hydrogen) atoms. The molecule has 1 aromatic carbocycles. The summed E-state index contributed by atoms with van der Waals surface area (Å²) < 4.78 is 0. The molecule has 1 heteroatoms. The molecule has 0 N–H and O–H groups in total. The fourth-order valence-electron chi connectivity index (χ4n) is 2.02. The van der Waals surface area contributed by atoms with Crippen LogP contribution < -0.4 is 5.19 Å². The van der Waals surface area contributed by atoms with Crippen molar-refractivity contribution in [2.24, 2.45) is 0 Å². The van der Waals surface area contributed by atoms with Crippen molar-refractivity contribution in [2.45, 2.75) is 37.6 Å². The average Bonchev–Trinajstić information content (AvgIpc) is 2.21. The van der Waals surface area contributed by atoms with Crippen molar-refractivity contribution in [1.29, 1.82) is 0 Å². The van der Waals surface area contributed by atoms with E-state index in [2.05, 4.69) is 30.3 Å². The van der Waals surface area contributed by atoms with E-state index in [0.29, 0.717) is 0 Å². The van der Waals surface area contributed by atoms with Crippen molar-refractivity contribution in [3.05, 3.63) is 30.3 Å². The van der Waals surface area contributed by atoms with Crippen molar-refractivity contribution in [2.75, 3.05) is 0 Å². The van der Waals surface area contributed by atoms with Gasteiger partial charge in [-0.2, -0.15) is 0 Å². The molecular formula is C12H16Si. The molecule has 1 aliphatic rings. The standard InChI is InChI=1S/C12H16Si/c1-3-7-11(8-4-1)13-12-9-5-2-6-10-12/h1,3-4,7-8,12H,2,5-6,9-10H2. The molecule has 0 heterocycles. The van der Waals surface area contributed by atoms with Gasteiger partial charge in [0.2, 0.25) is 0 Å². The van der Waals surface area contributed by atoms with Crippen molar-refractivity contribution in [3.63, 3.8) is 0 Å². The first-order valence-corrected chi connectivity index (χ1v) is 6.34. The summed E-state index contributed by atoms with van der Waals surface area (Å²) in [5, 5.41) is 1.55. The fraction of sp³-hybridized carbons (Fsp3) is 0.500. The highest BCUT2D eigenvalue weighted by atomic mass is 28.2. The van der Waals surface area contributed by atoms with E-state index in [0.717, 1.165) is 15.1 Å². The zero-order valence-electron chi connectivity index (χ0n) is 8.00. The number of benzene rings is 1. The molecule has 2 radical (unpaired) electrons. The molecule has 1 aromatic rings. The molecule has 1 fully saturated rings. The van der Waals surface area contributed by atoms with Gasteiger partial charge < -0.3 is 0 Å². The largest absolute Gasteiger partial charge is 0.0842 e. The van der Waals surface area contributed by atoms with Crippen molar-refractivity contribution >= 4 is 14.7 Å². The lowest BCUT2D eigenvalue weighted by molar-refractivity contribution is 0.502. The third-order valence-corrected chi connectivity index (χ3v) is 4.40. The summed E-state index contributed by atoms with van der Waals surface area (Å²) in [7, 11) is 1.05. The first kappa shape index (κ1) is 9.01. The maximum absolute atomic E-state index is 2.27. The van der Waals surface area contributed by atoms with E-state index in [1.807, 2.05) is 0 Å². The number of hydrogen-bond acceptors (Lipinski definition) is 0. The molecule has 0 atom stereocenters. The lowest BCUT2D eigenvalue weighted by atomic mass is 10.0. The maximum Gasteiger partial charge on any atom is 0.0842 e. The molecule has 0 amide bonds. The van der Waals surface area contributed by atoms with Gasteiger partial charge in [0.05, 0.1) is 9.52 Å². The second-order valence-electron chi connectivity index (χ2n) is 3.85. The van der Waals surface area contributed by atoms with Crippen LogP contribution in [0.4, 0.5) is 0 Å². The molecule has 68 valence electrons. The van der Waals surface area contributed by atoms with E-state index in [-0.39, 0.29) is 0 Å². The van der Waals surface area contributed by atoms with Crippen LogP contribution in [0, 0.1) is 0 Å². The fourth-order valence-corrected chi connectivity index (χ4v) is 3.57. The second-order valence-corrected chi connectivity index (χ2v) is 5.53. The molecule has 0 saturated heterocycles. The van der Waals surface area contributed by atoms with E-state index in [9.17, 15) is 0 Å². The van der Waals surface area contributed by atoms with Gasteiger partial charge in [0, 0.05) is 0 Å². The first-order valence-electron chi connectivity index (χ1n) is 5.27. The molecular weight excluding hydrogens is 172 g/mol. The summed E-state index contributed by atoms with van der Waals surface area (Å²) in [6, 6.07) is 11.0. The molecule has 1 aliphatic carbocycles. The summed E-state index contributed by atoms with van der Waals surface area (Å²) in [5.41, 5.74) is 0.996. The van der Waals surface area contributed by atoms with Crippen molar-refractivity contribution in [1.82, 2.24) is 0 Å². The molecule has 0 bridgehead atoms. The molecule has 1 saturated carbocycles. The Morgan fingerprint density at radius 1 is 0.923 bits per heavy atom. The predicted octanol–water partition coefficient (Wildman–Crippen LogP) is 2.77. The van der Waals surface area contributed by atoms with Gasteiger partial charge in [-0.25, -0.2) is 0 Å². The quantitative estimate of drug-likeness (QED) is 0.626. The summed E-state index contributed by atoms with van der Waals surface area (Å²) in [6.07, 6.45) is 7.32. The van der Waals surface area contributed by atoms with Crippen molar-refractivity contribution in [3.8, 4) is 0 Å². The van der Waals surface area contributed by atoms with Crippen LogP contribution in [0.3, 0.4) is 0 Å². The smallest absolute Gasteiger partial charge is 0.0639 e. The van der Waals surface area contributed by atoms with E-state index < -0.39 is 0 Å². The highest BCUT2D eigenvalue weighted by Crippen LogP contribution is 2.27.